The van der Waals surface area contributed by atoms with E-state index in [1.54, 1.807) is 24.3 Å². The molecule has 0 aliphatic heterocycles. The number of hydrogen-bond donors (Lipinski definition) is 1. The third-order valence-corrected chi connectivity index (χ3v) is 3.36. The number of hydrogen-bond acceptors (Lipinski definition) is 5. The van der Waals surface area contributed by atoms with E-state index in [1.807, 2.05) is 0 Å². The molecule has 3 rings (SSSR count). The molecule has 130 valence electrons. The zero-order valence-corrected chi connectivity index (χ0v) is 13.3. The summed E-state index contributed by atoms with van der Waals surface area (Å²) in [6.45, 7) is -3.03. The van der Waals surface area contributed by atoms with Crippen LogP contribution in [0.15, 0.2) is 46.9 Å². The van der Waals surface area contributed by atoms with E-state index in [1.165, 1.54) is 0 Å². The molecule has 25 heavy (non-hydrogen) atoms. The molecule has 0 radical (unpaired) electrons. The van der Waals surface area contributed by atoms with E-state index in [9.17, 15) is 13.2 Å². The lowest BCUT2D eigenvalue weighted by molar-refractivity contribution is -0.0494. The second kappa shape index (κ2) is 7.43. The fraction of sp³-hybridized carbons (Fsp3) is 0.125. The summed E-state index contributed by atoms with van der Waals surface area (Å²) in [5.41, 5.74) is 0.682. The monoisotopic (exact) mass is 369 g/mol. The van der Waals surface area contributed by atoms with E-state index < -0.39 is 12.4 Å². The van der Waals surface area contributed by atoms with Gasteiger partial charge in [0, 0.05) is 16.7 Å². The van der Waals surface area contributed by atoms with Crippen LogP contribution in [0.3, 0.4) is 0 Å². The van der Waals surface area contributed by atoms with E-state index in [0.717, 1.165) is 18.2 Å². The number of anilines is 1. The summed E-state index contributed by atoms with van der Waals surface area (Å²) in [4.78, 5) is 0. The molecular formula is C16H11ClF3N3O2. The van der Waals surface area contributed by atoms with E-state index in [-0.39, 0.29) is 29.8 Å². The van der Waals surface area contributed by atoms with Gasteiger partial charge in [0.25, 0.3) is 0 Å². The van der Waals surface area contributed by atoms with Crippen molar-refractivity contribution in [3.63, 3.8) is 0 Å². The first kappa shape index (κ1) is 17.1. The molecule has 0 saturated carbocycles. The van der Waals surface area contributed by atoms with Gasteiger partial charge in [-0.3, -0.25) is 0 Å². The van der Waals surface area contributed by atoms with E-state index in [4.69, 9.17) is 16.0 Å². The van der Waals surface area contributed by atoms with Gasteiger partial charge in [-0.25, -0.2) is 4.39 Å². The highest BCUT2D eigenvalue weighted by Crippen LogP contribution is 2.28. The normalized spacial score (nSPS) is 10.9. The van der Waals surface area contributed by atoms with Gasteiger partial charge in [0.2, 0.25) is 11.8 Å². The Labute approximate surface area is 145 Å². The van der Waals surface area contributed by atoms with Gasteiger partial charge in [0.15, 0.2) is 0 Å². The Morgan fingerprint density at radius 1 is 1.16 bits per heavy atom. The van der Waals surface area contributed by atoms with Gasteiger partial charge in [-0.2, -0.15) is 8.78 Å². The number of rotatable bonds is 6. The first-order chi connectivity index (χ1) is 12.0. The lowest BCUT2D eigenvalue weighted by atomic mass is 10.2. The molecule has 0 aliphatic rings. The number of benzene rings is 2. The smallest absolute Gasteiger partial charge is 0.387 e. The summed E-state index contributed by atoms with van der Waals surface area (Å²) >= 11 is 5.90. The summed E-state index contributed by atoms with van der Waals surface area (Å²) in [7, 11) is 0. The number of ether oxygens (including phenoxy) is 1. The number of aromatic nitrogens is 2. The predicted octanol–water partition coefficient (Wildman–Crippen LogP) is 4.74. The van der Waals surface area contributed by atoms with Gasteiger partial charge in [0.1, 0.15) is 11.6 Å². The maximum Gasteiger partial charge on any atom is 0.387 e. The average Bonchev–Trinajstić information content (AvgIpc) is 3.04. The molecule has 0 fully saturated rings. The third kappa shape index (κ3) is 4.42. The van der Waals surface area contributed by atoms with Gasteiger partial charge in [-0.15, -0.1) is 10.2 Å². The zero-order chi connectivity index (χ0) is 17.8. The molecule has 0 aliphatic carbocycles. The first-order valence-corrected chi connectivity index (χ1v) is 7.45. The van der Waals surface area contributed by atoms with Crippen LogP contribution in [0.4, 0.5) is 18.9 Å². The van der Waals surface area contributed by atoms with Crippen molar-refractivity contribution in [2.45, 2.75) is 13.2 Å². The van der Waals surface area contributed by atoms with Crippen LogP contribution in [0.5, 0.6) is 5.75 Å². The molecule has 0 saturated heterocycles. The number of nitrogens with zero attached hydrogens (tertiary/aromatic N) is 2. The van der Waals surface area contributed by atoms with Crippen LogP contribution >= 0.6 is 11.6 Å². The second-order valence-electron chi connectivity index (χ2n) is 4.88. The van der Waals surface area contributed by atoms with Crippen molar-refractivity contribution in [2.75, 3.05) is 5.32 Å². The fourth-order valence-electron chi connectivity index (χ4n) is 2.07. The summed E-state index contributed by atoms with van der Waals surface area (Å²) in [5, 5.41) is 11.0. The standard InChI is InChI=1S/C16H11ClF3N3O2/c17-10-3-1-2-9(6-10)15-23-22-14(25-15)8-21-12-7-11(18)4-5-13(12)24-16(19)20/h1-7,16,21H,8H2. The fourth-order valence-corrected chi connectivity index (χ4v) is 2.26. The SMILES string of the molecule is Fc1ccc(OC(F)F)c(NCc2nnc(-c3cccc(Cl)c3)o2)c1. The lowest BCUT2D eigenvalue weighted by Crippen LogP contribution is -2.07. The van der Waals surface area contributed by atoms with Gasteiger partial charge >= 0.3 is 6.61 Å². The molecular weight excluding hydrogens is 359 g/mol. The Morgan fingerprint density at radius 2 is 2.00 bits per heavy atom. The molecule has 0 unspecified atom stereocenters. The molecule has 2 aromatic carbocycles. The summed E-state index contributed by atoms with van der Waals surface area (Å²) in [6, 6.07) is 10.0. The Balaban J connectivity index is 1.73. The number of alkyl halides is 2. The Bertz CT molecular complexity index is 873. The number of halogens is 4. The van der Waals surface area contributed by atoms with Crippen LogP contribution < -0.4 is 10.1 Å². The largest absolute Gasteiger partial charge is 0.433 e. The molecule has 5 nitrogen and oxygen atoms in total. The molecule has 1 aromatic heterocycles. The van der Waals surface area contributed by atoms with Gasteiger partial charge in [-0.1, -0.05) is 17.7 Å². The van der Waals surface area contributed by atoms with E-state index in [2.05, 4.69) is 20.3 Å². The van der Waals surface area contributed by atoms with Crippen molar-refractivity contribution in [2.24, 2.45) is 0 Å². The van der Waals surface area contributed by atoms with E-state index >= 15 is 0 Å². The van der Waals surface area contributed by atoms with Crippen molar-refractivity contribution in [3.05, 3.63) is 59.2 Å². The third-order valence-electron chi connectivity index (χ3n) is 3.13. The molecule has 0 spiro atoms. The molecule has 3 aromatic rings. The van der Waals surface area contributed by atoms with Crippen molar-refractivity contribution in [1.82, 2.24) is 10.2 Å². The average molecular weight is 370 g/mol. The van der Waals surface area contributed by atoms with Crippen LogP contribution in [0.2, 0.25) is 5.02 Å². The van der Waals surface area contributed by atoms with Crippen LogP contribution in [-0.2, 0) is 6.54 Å². The summed E-state index contributed by atoms with van der Waals surface area (Å²) in [6.07, 6.45) is 0. The Morgan fingerprint density at radius 3 is 2.76 bits per heavy atom. The number of nitrogens with one attached hydrogen (secondary N) is 1. The topological polar surface area (TPSA) is 60.2 Å². The van der Waals surface area contributed by atoms with Gasteiger partial charge in [-0.05, 0) is 30.3 Å². The first-order valence-electron chi connectivity index (χ1n) is 7.08. The minimum Gasteiger partial charge on any atom is -0.433 e. The molecule has 1 N–H and O–H groups in total. The van der Waals surface area contributed by atoms with Crippen molar-refractivity contribution in [1.29, 1.82) is 0 Å². The van der Waals surface area contributed by atoms with Gasteiger partial charge < -0.3 is 14.5 Å². The zero-order valence-electron chi connectivity index (χ0n) is 12.5. The highest BCUT2D eigenvalue weighted by Gasteiger charge is 2.13. The highest BCUT2D eigenvalue weighted by atomic mass is 35.5. The Hall–Kier alpha value is -2.74. The van der Waals surface area contributed by atoms with Crippen LogP contribution in [0, 0.1) is 5.82 Å². The predicted molar refractivity (Wildman–Crippen MR) is 85.1 cm³/mol. The Kier molecular flexibility index (Phi) is 5.08. The van der Waals surface area contributed by atoms with Crippen LogP contribution in [-0.4, -0.2) is 16.8 Å². The minimum absolute atomic E-state index is 0.00336. The quantitative estimate of drug-likeness (QED) is 0.680. The van der Waals surface area contributed by atoms with Crippen molar-refractivity contribution >= 4 is 17.3 Å². The molecule has 1 heterocycles. The van der Waals surface area contributed by atoms with Crippen molar-refractivity contribution in [3.8, 4) is 17.2 Å². The van der Waals surface area contributed by atoms with Crippen molar-refractivity contribution < 1.29 is 22.3 Å². The maximum absolute atomic E-state index is 13.3. The molecule has 0 bridgehead atoms. The van der Waals surface area contributed by atoms with Crippen LogP contribution in [0.25, 0.3) is 11.5 Å². The van der Waals surface area contributed by atoms with Gasteiger partial charge in [0.05, 0.1) is 12.2 Å². The molecule has 9 heteroatoms. The van der Waals surface area contributed by atoms with E-state index in [0.29, 0.717) is 10.6 Å². The summed E-state index contributed by atoms with van der Waals surface area (Å²) in [5.74, 6) is -0.356. The van der Waals surface area contributed by atoms with Crippen LogP contribution in [0.1, 0.15) is 5.89 Å². The molecule has 0 amide bonds. The highest BCUT2D eigenvalue weighted by molar-refractivity contribution is 6.30. The summed E-state index contributed by atoms with van der Waals surface area (Å²) < 4.78 is 47.9. The maximum atomic E-state index is 13.3. The minimum atomic E-state index is -3.02. The molecule has 0 atom stereocenters. The lowest BCUT2D eigenvalue weighted by Gasteiger charge is -2.11. The second-order valence-corrected chi connectivity index (χ2v) is 5.32.